The van der Waals surface area contributed by atoms with E-state index in [1.54, 1.807) is 6.07 Å². The van der Waals surface area contributed by atoms with Crippen molar-refractivity contribution in [2.75, 3.05) is 29.9 Å². The Balaban J connectivity index is 2.32. The number of anilines is 2. The Labute approximate surface area is 119 Å². The fraction of sp³-hybridized carbons (Fsp3) is 0.643. The minimum Gasteiger partial charge on any atom is -0.370 e. The van der Waals surface area contributed by atoms with Gasteiger partial charge in [-0.2, -0.15) is 0 Å². The number of hydrogen-bond donors (Lipinski definition) is 1. The highest BCUT2D eigenvalue weighted by molar-refractivity contribution is 5.56. The number of aromatic nitrogens is 1. The molecule has 2 heterocycles. The Kier molecular flexibility index (Phi) is 4.11. The van der Waals surface area contributed by atoms with Crippen molar-refractivity contribution in [1.29, 1.82) is 0 Å². The van der Waals surface area contributed by atoms with Crippen LogP contribution in [-0.2, 0) is 0 Å². The summed E-state index contributed by atoms with van der Waals surface area (Å²) >= 11 is 0. The molecule has 1 aliphatic heterocycles. The predicted octanol–water partition coefficient (Wildman–Crippen LogP) is 3.05. The second kappa shape index (κ2) is 5.64. The number of nitrogens with zero attached hydrogens (tertiary/aromatic N) is 3. The third-order valence-electron chi connectivity index (χ3n) is 3.59. The van der Waals surface area contributed by atoms with E-state index >= 15 is 0 Å². The topological polar surface area (TPSA) is 71.3 Å². The van der Waals surface area contributed by atoms with Crippen LogP contribution in [0.2, 0.25) is 0 Å². The zero-order chi connectivity index (χ0) is 14.8. The Bertz CT molecular complexity index is 502. The molecule has 1 N–H and O–H groups in total. The van der Waals surface area contributed by atoms with Gasteiger partial charge < -0.3 is 10.2 Å². The molecule has 20 heavy (non-hydrogen) atoms. The number of pyridine rings is 1. The van der Waals surface area contributed by atoms with Crippen molar-refractivity contribution in [2.24, 2.45) is 5.41 Å². The lowest BCUT2D eigenvalue weighted by molar-refractivity contribution is -0.384. The van der Waals surface area contributed by atoms with Crippen LogP contribution in [0.15, 0.2) is 12.1 Å². The molecule has 110 valence electrons. The number of rotatable bonds is 4. The second-order valence-electron chi connectivity index (χ2n) is 6.05. The molecule has 0 aromatic carbocycles. The van der Waals surface area contributed by atoms with E-state index in [0.29, 0.717) is 18.2 Å². The molecule has 2 rings (SSSR count). The molecule has 0 unspecified atom stereocenters. The van der Waals surface area contributed by atoms with Gasteiger partial charge in [0, 0.05) is 19.6 Å². The van der Waals surface area contributed by atoms with Crippen molar-refractivity contribution >= 4 is 17.3 Å². The highest BCUT2D eigenvalue weighted by Gasteiger charge is 2.28. The van der Waals surface area contributed by atoms with E-state index in [0.717, 1.165) is 19.5 Å². The van der Waals surface area contributed by atoms with E-state index in [-0.39, 0.29) is 16.0 Å². The van der Waals surface area contributed by atoms with Gasteiger partial charge in [-0.05, 0) is 25.2 Å². The van der Waals surface area contributed by atoms with E-state index in [2.05, 4.69) is 29.0 Å². The molecule has 1 aromatic heterocycles. The second-order valence-corrected chi connectivity index (χ2v) is 6.05. The molecule has 0 amide bonds. The average Bonchev–Trinajstić information content (AvgIpc) is 2.37. The summed E-state index contributed by atoms with van der Waals surface area (Å²) in [6.45, 7) is 8.88. The van der Waals surface area contributed by atoms with Crippen LogP contribution in [0.1, 0.15) is 33.6 Å². The van der Waals surface area contributed by atoms with Crippen molar-refractivity contribution in [3.63, 3.8) is 0 Å². The molecule has 1 saturated heterocycles. The van der Waals surface area contributed by atoms with Crippen molar-refractivity contribution in [3.8, 4) is 0 Å². The summed E-state index contributed by atoms with van der Waals surface area (Å²) in [6, 6.07) is 3.06. The molecule has 6 heteroatoms. The van der Waals surface area contributed by atoms with Gasteiger partial charge in [-0.1, -0.05) is 13.8 Å². The van der Waals surface area contributed by atoms with Crippen LogP contribution in [0, 0.1) is 15.5 Å². The van der Waals surface area contributed by atoms with E-state index < -0.39 is 0 Å². The van der Waals surface area contributed by atoms with Crippen LogP contribution >= 0.6 is 0 Å². The summed E-state index contributed by atoms with van der Waals surface area (Å²) in [5.74, 6) is 1.27. The highest BCUT2D eigenvalue weighted by Crippen LogP contribution is 2.32. The van der Waals surface area contributed by atoms with Crippen LogP contribution in [0.4, 0.5) is 17.3 Å². The van der Waals surface area contributed by atoms with Crippen LogP contribution in [-0.4, -0.2) is 29.5 Å². The SMILES string of the molecule is CCNc1cc([N+](=O)[O-])cc(N2CCCC(C)(C)C2)n1. The van der Waals surface area contributed by atoms with Crippen molar-refractivity contribution in [1.82, 2.24) is 4.98 Å². The highest BCUT2D eigenvalue weighted by atomic mass is 16.6. The van der Waals surface area contributed by atoms with E-state index in [4.69, 9.17) is 0 Å². The maximum atomic E-state index is 11.1. The molecule has 0 atom stereocenters. The number of hydrogen-bond acceptors (Lipinski definition) is 5. The molecule has 0 aliphatic carbocycles. The predicted molar refractivity (Wildman–Crippen MR) is 80.3 cm³/mol. The fourth-order valence-corrected chi connectivity index (χ4v) is 2.66. The Hall–Kier alpha value is -1.85. The van der Waals surface area contributed by atoms with Crippen LogP contribution < -0.4 is 10.2 Å². The maximum Gasteiger partial charge on any atom is 0.276 e. The molecule has 0 radical (unpaired) electrons. The maximum absolute atomic E-state index is 11.1. The summed E-state index contributed by atoms with van der Waals surface area (Å²) in [5, 5.41) is 14.1. The van der Waals surface area contributed by atoms with Gasteiger partial charge in [-0.25, -0.2) is 4.98 Å². The van der Waals surface area contributed by atoms with Gasteiger partial charge in [0.2, 0.25) is 0 Å². The normalized spacial score (nSPS) is 17.9. The quantitative estimate of drug-likeness (QED) is 0.677. The monoisotopic (exact) mass is 278 g/mol. The van der Waals surface area contributed by atoms with Crippen LogP contribution in [0.5, 0.6) is 0 Å². The smallest absolute Gasteiger partial charge is 0.276 e. The van der Waals surface area contributed by atoms with Crippen LogP contribution in [0.3, 0.4) is 0 Å². The van der Waals surface area contributed by atoms with Crippen molar-refractivity contribution < 1.29 is 4.92 Å². The van der Waals surface area contributed by atoms with Gasteiger partial charge in [0.1, 0.15) is 11.6 Å². The van der Waals surface area contributed by atoms with Crippen molar-refractivity contribution in [2.45, 2.75) is 33.6 Å². The summed E-state index contributed by atoms with van der Waals surface area (Å²) in [4.78, 5) is 17.3. The van der Waals surface area contributed by atoms with Gasteiger partial charge in [0.25, 0.3) is 5.69 Å². The Morgan fingerprint density at radius 3 is 2.85 bits per heavy atom. The molecular weight excluding hydrogens is 256 g/mol. The van der Waals surface area contributed by atoms with Gasteiger partial charge in [0.05, 0.1) is 17.1 Å². The molecule has 1 fully saturated rings. The zero-order valence-electron chi connectivity index (χ0n) is 12.3. The number of nitrogens with one attached hydrogen (secondary N) is 1. The molecule has 0 spiro atoms. The summed E-state index contributed by atoms with van der Waals surface area (Å²) in [5.41, 5.74) is 0.317. The molecule has 0 saturated carbocycles. The van der Waals surface area contributed by atoms with E-state index in [1.165, 1.54) is 12.5 Å². The minimum atomic E-state index is -0.360. The lowest BCUT2D eigenvalue weighted by atomic mass is 9.84. The van der Waals surface area contributed by atoms with Gasteiger partial charge in [0.15, 0.2) is 0 Å². The Morgan fingerprint density at radius 1 is 1.50 bits per heavy atom. The largest absolute Gasteiger partial charge is 0.370 e. The van der Waals surface area contributed by atoms with E-state index in [1.807, 2.05) is 6.92 Å². The average molecular weight is 278 g/mol. The third-order valence-corrected chi connectivity index (χ3v) is 3.59. The first kappa shape index (κ1) is 14.6. The molecule has 1 aromatic rings. The molecular formula is C14H22N4O2. The Morgan fingerprint density at radius 2 is 2.25 bits per heavy atom. The van der Waals surface area contributed by atoms with E-state index in [9.17, 15) is 10.1 Å². The molecule has 1 aliphatic rings. The summed E-state index contributed by atoms with van der Waals surface area (Å²) in [6.07, 6.45) is 2.27. The molecule has 0 bridgehead atoms. The summed E-state index contributed by atoms with van der Waals surface area (Å²) in [7, 11) is 0. The third kappa shape index (κ3) is 3.37. The van der Waals surface area contributed by atoms with Crippen molar-refractivity contribution in [3.05, 3.63) is 22.2 Å². The van der Waals surface area contributed by atoms with Gasteiger partial charge >= 0.3 is 0 Å². The zero-order valence-corrected chi connectivity index (χ0v) is 12.3. The van der Waals surface area contributed by atoms with Crippen LogP contribution in [0.25, 0.3) is 0 Å². The number of nitro groups is 1. The first-order valence-corrected chi connectivity index (χ1v) is 7.06. The van der Waals surface area contributed by atoms with Gasteiger partial charge in [-0.15, -0.1) is 0 Å². The molecule has 6 nitrogen and oxygen atoms in total. The standard InChI is InChI=1S/C14H22N4O2/c1-4-15-12-8-11(18(19)20)9-13(16-12)17-7-5-6-14(2,3)10-17/h8-9H,4-7,10H2,1-3H3,(H,15,16). The first-order valence-electron chi connectivity index (χ1n) is 7.06. The fourth-order valence-electron chi connectivity index (χ4n) is 2.66. The number of piperidine rings is 1. The minimum absolute atomic E-state index is 0.0920. The lowest BCUT2D eigenvalue weighted by Gasteiger charge is -2.38. The van der Waals surface area contributed by atoms with Gasteiger partial charge in [-0.3, -0.25) is 10.1 Å². The first-order chi connectivity index (χ1) is 9.41. The summed E-state index contributed by atoms with van der Waals surface area (Å²) < 4.78 is 0. The lowest BCUT2D eigenvalue weighted by Crippen LogP contribution is -2.40.